The third-order valence-corrected chi connectivity index (χ3v) is 11.4. The number of carbonyl (C=O) groups excluding carboxylic acids is 1. The summed E-state index contributed by atoms with van der Waals surface area (Å²) >= 11 is 12.6. The van der Waals surface area contributed by atoms with Crippen LogP contribution in [0.25, 0.3) is 11.3 Å². The fourth-order valence-corrected chi connectivity index (χ4v) is 7.74. The number of carbonyl (C=O) groups is 1. The van der Waals surface area contributed by atoms with Crippen LogP contribution in [0.2, 0.25) is 10.0 Å². The minimum Gasteiger partial charge on any atom is -0.444 e. The van der Waals surface area contributed by atoms with E-state index in [1.54, 1.807) is 4.90 Å². The predicted octanol–water partition coefficient (Wildman–Crippen LogP) is 6.81. The highest BCUT2D eigenvalue weighted by molar-refractivity contribution is 7.88. The number of piperazine rings is 1. The smallest absolute Gasteiger partial charge is 0.410 e. The molecule has 0 spiro atoms. The second kappa shape index (κ2) is 17.3. The van der Waals surface area contributed by atoms with Gasteiger partial charge in [0, 0.05) is 105 Å². The highest BCUT2D eigenvalue weighted by atomic mass is 35.5. The molecule has 4 aromatic rings. The average molecular weight is 792 g/mol. The van der Waals surface area contributed by atoms with Crippen molar-refractivity contribution in [1.29, 1.82) is 0 Å². The Morgan fingerprint density at radius 2 is 1.56 bits per heavy atom. The lowest BCUT2D eigenvalue weighted by Crippen LogP contribution is -2.50. The van der Waals surface area contributed by atoms with Crippen LogP contribution in [-0.2, 0) is 47.4 Å². The number of aryl methyl sites for hydroxylation is 1. The molecule has 1 saturated heterocycles. The summed E-state index contributed by atoms with van der Waals surface area (Å²) in [6.45, 7) is 12.2. The number of rotatable bonds is 10. The summed E-state index contributed by atoms with van der Waals surface area (Å²) in [5, 5.41) is 9.80. The Labute approximate surface area is 329 Å². The zero-order valence-corrected chi connectivity index (χ0v) is 33.7. The van der Waals surface area contributed by atoms with Crippen molar-refractivity contribution >= 4 is 39.3 Å². The number of fused-ring (bicyclic) bond motifs is 1. The fraction of sp³-hybridized carbons (Fsp3) is 0.415. The van der Waals surface area contributed by atoms with Crippen LogP contribution < -0.4 is 5.32 Å². The van der Waals surface area contributed by atoms with E-state index < -0.39 is 15.6 Å². The second-order valence-electron chi connectivity index (χ2n) is 14.9. The molecule has 3 aromatic carbocycles. The van der Waals surface area contributed by atoms with Crippen LogP contribution in [0.4, 0.5) is 4.79 Å². The first-order valence-electron chi connectivity index (χ1n) is 18.3. The maximum atomic E-state index is 12.6. The average Bonchev–Trinajstić information content (AvgIpc) is 3.49. The summed E-state index contributed by atoms with van der Waals surface area (Å²) in [5.41, 5.74) is 6.92. The van der Waals surface area contributed by atoms with Crippen LogP contribution >= 0.6 is 23.2 Å². The minimum atomic E-state index is -3.39. The third kappa shape index (κ3) is 10.7. The van der Waals surface area contributed by atoms with Crippen LogP contribution in [0, 0.1) is 11.8 Å². The molecule has 0 aliphatic carbocycles. The Bertz CT molecular complexity index is 2110. The van der Waals surface area contributed by atoms with E-state index in [9.17, 15) is 13.2 Å². The van der Waals surface area contributed by atoms with Crippen molar-refractivity contribution in [3.05, 3.63) is 110 Å². The number of nitrogens with one attached hydrogen (secondary N) is 1. The van der Waals surface area contributed by atoms with Crippen molar-refractivity contribution in [2.45, 2.75) is 65.4 Å². The molecule has 6 rings (SSSR count). The summed E-state index contributed by atoms with van der Waals surface area (Å²) in [4.78, 5) is 16.6. The molecule has 1 N–H and O–H groups in total. The molecular weight excluding hydrogens is 743 g/mol. The normalized spacial score (nSPS) is 15.4. The molecule has 286 valence electrons. The van der Waals surface area contributed by atoms with Gasteiger partial charge in [0.05, 0.1) is 17.0 Å². The van der Waals surface area contributed by atoms with Crippen molar-refractivity contribution < 1.29 is 17.9 Å². The summed E-state index contributed by atoms with van der Waals surface area (Å²) in [6.07, 6.45) is 2.44. The first kappa shape index (κ1) is 39.8. The standard InChI is InChI=1S/C41H48Cl2N6O4S/c1-41(2,3)53-40(50)47-24-22-46(23-25-47)19-5-20-49-38-18-21-48(54(4,51)52)29-36(38)39(45-49)34-14-17-37(43)33(26-34)13-10-30-6-8-31(9-7-30)27-44-28-32-11-15-35(42)16-12-32/h6-9,11-12,14-17,26,44H,5,18-25,27-29H2,1-4H3. The van der Waals surface area contributed by atoms with Gasteiger partial charge in [-0.1, -0.05) is 65.4 Å². The number of amides is 1. The minimum absolute atomic E-state index is 0.262. The van der Waals surface area contributed by atoms with Crippen LogP contribution in [0.15, 0.2) is 66.7 Å². The zero-order chi connectivity index (χ0) is 38.5. The Morgan fingerprint density at radius 1 is 0.889 bits per heavy atom. The lowest BCUT2D eigenvalue weighted by atomic mass is 10.0. The monoisotopic (exact) mass is 790 g/mol. The van der Waals surface area contributed by atoms with Gasteiger partial charge in [0.2, 0.25) is 10.0 Å². The van der Waals surface area contributed by atoms with Gasteiger partial charge < -0.3 is 15.0 Å². The van der Waals surface area contributed by atoms with Gasteiger partial charge >= 0.3 is 6.09 Å². The molecule has 1 amide bonds. The van der Waals surface area contributed by atoms with Crippen LogP contribution in [0.3, 0.4) is 0 Å². The van der Waals surface area contributed by atoms with E-state index >= 15 is 0 Å². The number of halogens is 2. The Balaban J connectivity index is 1.13. The van der Waals surface area contributed by atoms with E-state index in [4.69, 9.17) is 33.0 Å². The lowest BCUT2D eigenvalue weighted by Gasteiger charge is -2.35. The molecule has 0 bridgehead atoms. The van der Waals surface area contributed by atoms with Crippen LogP contribution in [-0.4, -0.2) is 89.5 Å². The molecule has 2 aliphatic heterocycles. The molecule has 13 heteroatoms. The van der Waals surface area contributed by atoms with E-state index in [1.807, 2.05) is 80.1 Å². The predicted molar refractivity (Wildman–Crippen MR) is 215 cm³/mol. The number of hydrogen-bond donors (Lipinski definition) is 1. The quantitative estimate of drug-likeness (QED) is 0.176. The van der Waals surface area contributed by atoms with Crippen molar-refractivity contribution in [1.82, 2.24) is 29.2 Å². The summed E-state index contributed by atoms with van der Waals surface area (Å²) < 4.78 is 34.3. The van der Waals surface area contributed by atoms with E-state index in [1.165, 1.54) is 16.1 Å². The van der Waals surface area contributed by atoms with Crippen molar-refractivity contribution in [2.24, 2.45) is 0 Å². The van der Waals surface area contributed by atoms with E-state index in [-0.39, 0.29) is 12.6 Å². The Hall–Kier alpha value is -3.89. The first-order valence-corrected chi connectivity index (χ1v) is 20.9. The lowest BCUT2D eigenvalue weighted by molar-refractivity contribution is 0.0143. The maximum Gasteiger partial charge on any atom is 0.410 e. The number of nitrogens with zero attached hydrogens (tertiary/aromatic N) is 5. The first-order chi connectivity index (χ1) is 25.7. The van der Waals surface area contributed by atoms with E-state index in [0.717, 1.165) is 77.8 Å². The Kier molecular flexibility index (Phi) is 12.7. The van der Waals surface area contributed by atoms with Gasteiger partial charge in [-0.3, -0.25) is 9.58 Å². The van der Waals surface area contributed by atoms with Gasteiger partial charge in [-0.15, -0.1) is 0 Å². The molecule has 1 fully saturated rings. The number of hydrogen-bond acceptors (Lipinski definition) is 7. The van der Waals surface area contributed by atoms with Crippen molar-refractivity contribution in [3.8, 4) is 23.1 Å². The topological polar surface area (TPSA) is 100 Å². The largest absolute Gasteiger partial charge is 0.444 e. The van der Waals surface area contributed by atoms with Gasteiger partial charge in [-0.25, -0.2) is 13.2 Å². The van der Waals surface area contributed by atoms with Crippen molar-refractivity contribution in [3.63, 3.8) is 0 Å². The SMILES string of the molecule is CC(C)(C)OC(=O)N1CCN(CCCn2nc(-c3ccc(Cl)c(C#Cc4ccc(CNCc5ccc(Cl)cc5)cc4)c3)c3c2CCN(S(C)(=O)=O)C3)CC1. The second-order valence-corrected chi connectivity index (χ2v) is 17.7. The summed E-state index contributed by atoms with van der Waals surface area (Å²) in [5.74, 6) is 6.51. The van der Waals surface area contributed by atoms with E-state index in [0.29, 0.717) is 43.2 Å². The highest BCUT2D eigenvalue weighted by Crippen LogP contribution is 2.33. The Morgan fingerprint density at radius 3 is 2.20 bits per heavy atom. The molecule has 54 heavy (non-hydrogen) atoms. The van der Waals surface area contributed by atoms with Crippen LogP contribution in [0.5, 0.6) is 0 Å². The third-order valence-electron chi connectivity index (χ3n) is 9.54. The number of sulfonamides is 1. The van der Waals surface area contributed by atoms with Crippen LogP contribution in [0.1, 0.15) is 60.7 Å². The molecule has 3 heterocycles. The van der Waals surface area contributed by atoms with Gasteiger partial charge in [0.25, 0.3) is 0 Å². The maximum absolute atomic E-state index is 12.6. The molecule has 2 aliphatic rings. The van der Waals surface area contributed by atoms with Gasteiger partial charge in [0.1, 0.15) is 5.60 Å². The zero-order valence-electron chi connectivity index (χ0n) is 31.4. The van der Waals surface area contributed by atoms with Gasteiger partial charge in [-0.2, -0.15) is 9.40 Å². The molecule has 0 saturated carbocycles. The van der Waals surface area contributed by atoms with E-state index in [2.05, 4.69) is 34.2 Å². The molecular formula is C41H48Cl2N6O4S. The van der Waals surface area contributed by atoms with Gasteiger partial charge in [0.15, 0.2) is 0 Å². The highest BCUT2D eigenvalue weighted by Gasteiger charge is 2.30. The fourth-order valence-electron chi connectivity index (χ4n) is 6.66. The number of ether oxygens (including phenoxy) is 1. The number of benzene rings is 3. The molecule has 10 nitrogen and oxygen atoms in total. The summed E-state index contributed by atoms with van der Waals surface area (Å²) in [6, 6.07) is 21.6. The summed E-state index contributed by atoms with van der Waals surface area (Å²) in [7, 11) is -3.39. The number of aromatic nitrogens is 2. The van der Waals surface area contributed by atoms with Gasteiger partial charge in [-0.05, 0) is 74.7 Å². The van der Waals surface area contributed by atoms with Crippen molar-refractivity contribution in [2.75, 3.05) is 45.5 Å². The molecule has 1 aromatic heterocycles. The molecule has 0 unspecified atom stereocenters. The molecule has 0 radical (unpaired) electrons. The molecule has 0 atom stereocenters.